The molecule has 58 heavy (non-hydrogen) atoms. The monoisotopic (exact) mass is 830 g/mol. The van der Waals surface area contributed by atoms with Crippen molar-refractivity contribution < 1.29 is 42.1 Å². The summed E-state index contributed by atoms with van der Waals surface area (Å²) in [7, 11) is 1.11. The van der Waals surface area contributed by atoms with Crippen LogP contribution in [0, 0.1) is 0 Å². The van der Waals surface area contributed by atoms with Crippen LogP contribution in [0.2, 0.25) is 0 Å². The molecule has 0 aromatic carbocycles. The predicted molar refractivity (Wildman–Crippen MR) is 240 cm³/mol. The van der Waals surface area contributed by atoms with Crippen molar-refractivity contribution in [2.45, 2.75) is 148 Å². The number of unbranched alkanes of at least 4 members (excludes halogenated alkanes) is 8. The molecule has 0 aromatic heterocycles. The number of likely N-dealkylation sites (N-methyl/N-ethyl adjacent to an activating group) is 1. The summed E-state index contributed by atoms with van der Waals surface area (Å²) in [6.07, 6.45) is 51.5. The summed E-state index contributed by atoms with van der Waals surface area (Å²) in [5.74, 6) is -0.914. The Morgan fingerprint density at radius 1 is 0.552 bits per heavy atom. The summed E-state index contributed by atoms with van der Waals surface area (Å²) in [5, 5.41) is 0. The molecule has 0 aliphatic heterocycles. The van der Waals surface area contributed by atoms with Crippen LogP contribution in [0.5, 0.6) is 0 Å². The molecule has 2 atom stereocenters. The molecule has 0 radical (unpaired) electrons. The standard InChI is InChI=1S/C48H80NO8P/c1-6-8-10-12-14-16-18-20-21-22-23-24-25-26-27-29-31-33-35-37-39-41-48(51)57-46(45-56-58(52,53)55-43-42-49(3,4)5)44-54-47(50)40-38-36-34-32-30-28-19-17-15-13-11-9-7-2/h8,10-11,13-14,16-17,19-21,23-24,26-27,31,33,46H,6-7,9,12,15,18,22,25,28-30,32,34-45H2,1-5H3/b10-8-,13-11-,16-14-,19-17-,21-20-,24-23-,27-26-,33-31-. The highest BCUT2D eigenvalue weighted by Gasteiger charge is 2.21. The average molecular weight is 830 g/mol. The maximum absolute atomic E-state index is 12.7. The van der Waals surface area contributed by atoms with Gasteiger partial charge in [0.05, 0.1) is 27.7 Å². The third-order valence-electron chi connectivity index (χ3n) is 8.57. The Kier molecular flexibility index (Phi) is 37.3. The molecule has 0 aliphatic carbocycles. The number of carbonyl (C=O) groups is 2. The first-order chi connectivity index (χ1) is 28.0. The van der Waals surface area contributed by atoms with E-state index in [1.165, 1.54) is 6.42 Å². The largest absolute Gasteiger partial charge is 0.756 e. The topological polar surface area (TPSA) is 111 Å². The van der Waals surface area contributed by atoms with Crippen molar-refractivity contribution in [1.29, 1.82) is 0 Å². The molecule has 2 unspecified atom stereocenters. The van der Waals surface area contributed by atoms with Gasteiger partial charge in [-0.15, -0.1) is 0 Å². The number of esters is 2. The minimum absolute atomic E-state index is 0.0477. The molecule has 0 aromatic rings. The number of hydrogen-bond acceptors (Lipinski definition) is 8. The van der Waals surface area contributed by atoms with E-state index in [9.17, 15) is 19.0 Å². The van der Waals surface area contributed by atoms with Crippen molar-refractivity contribution >= 4 is 19.8 Å². The van der Waals surface area contributed by atoms with Gasteiger partial charge in [0.25, 0.3) is 7.82 Å². The van der Waals surface area contributed by atoms with E-state index in [1.54, 1.807) is 0 Å². The molecule has 9 nitrogen and oxygen atoms in total. The van der Waals surface area contributed by atoms with Gasteiger partial charge >= 0.3 is 11.9 Å². The van der Waals surface area contributed by atoms with Crippen LogP contribution in [-0.4, -0.2) is 70.0 Å². The highest BCUT2D eigenvalue weighted by atomic mass is 31.2. The highest BCUT2D eigenvalue weighted by Crippen LogP contribution is 2.38. The van der Waals surface area contributed by atoms with Gasteiger partial charge in [-0.1, -0.05) is 137 Å². The van der Waals surface area contributed by atoms with Gasteiger partial charge in [0.2, 0.25) is 0 Å². The van der Waals surface area contributed by atoms with E-state index in [2.05, 4.69) is 111 Å². The Balaban J connectivity index is 4.48. The molecule has 0 bridgehead atoms. The highest BCUT2D eigenvalue weighted by molar-refractivity contribution is 7.45. The summed E-state index contributed by atoms with van der Waals surface area (Å²) >= 11 is 0. The number of phosphoric acid groups is 1. The minimum Gasteiger partial charge on any atom is -0.756 e. The average Bonchev–Trinajstić information content (AvgIpc) is 3.17. The van der Waals surface area contributed by atoms with Crippen LogP contribution in [0.1, 0.15) is 142 Å². The van der Waals surface area contributed by atoms with E-state index in [0.29, 0.717) is 23.9 Å². The molecule has 330 valence electrons. The zero-order valence-corrected chi connectivity index (χ0v) is 37.8. The lowest BCUT2D eigenvalue weighted by atomic mass is 10.1. The first-order valence-corrected chi connectivity index (χ1v) is 23.4. The van der Waals surface area contributed by atoms with Crippen LogP contribution in [0.15, 0.2) is 97.2 Å². The molecule has 0 saturated heterocycles. The van der Waals surface area contributed by atoms with Crippen molar-refractivity contribution in [3.8, 4) is 0 Å². The Bertz CT molecular complexity index is 1300. The van der Waals surface area contributed by atoms with Crippen LogP contribution in [0.4, 0.5) is 0 Å². The molecule has 0 rings (SSSR count). The van der Waals surface area contributed by atoms with E-state index in [0.717, 1.165) is 96.3 Å². The Morgan fingerprint density at radius 2 is 0.983 bits per heavy atom. The summed E-state index contributed by atoms with van der Waals surface area (Å²) in [6.45, 7) is 3.95. The number of carbonyl (C=O) groups excluding carboxylic acids is 2. The van der Waals surface area contributed by atoms with Crippen molar-refractivity contribution in [1.82, 2.24) is 0 Å². The number of allylic oxidation sites excluding steroid dienone is 16. The van der Waals surface area contributed by atoms with Gasteiger partial charge in [-0.05, 0) is 89.9 Å². The fraction of sp³-hybridized carbons (Fsp3) is 0.625. The molecule has 0 saturated carbocycles. The SMILES string of the molecule is CC/C=C\C/C=C\C/C=C\C/C=C\C/C=C\C/C=C\CCCCC(=O)OC(COC(=O)CCCCCCC/C=C\C/C=C\CCC)COP(=O)([O-])OCC[N+](C)(C)C. The molecule has 0 heterocycles. The minimum atomic E-state index is -4.65. The van der Waals surface area contributed by atoms with Crippen molar-refractivity contribution in [2.24, 2.45) is 0 Å². The number of nitrogens with zero attached hydrogens (tertiary/aromatic N) is 1. The second-order valence-electron chi connectivity index (χ2n) is 15.3. The Morgan fingerprint density at radius 3 is 1.50 bits per heavy atom. The second kappa shape index (κ2) is 39.4. The fourth-order valence-corrected chi connectivity index (χ4v) is 5.89. The van der Waals surface area contributed by atoms with E-state index >= 15 is 0 Å². The fourth-order valence-electron chi connectivity index (χ4n) is 5.16. The maximum atomic E-state index is 12.7. The summed E-state index contributed by atoms with van der Waals surface area (Å²) in [5.41, 5.74) is 0. The predicted octanol–water partition coefficient (Wildman–Crippen LogP) is 11.9. The lowest BCUT2D eigenvalue weighted by Crippen LogP contribution is -2.37. The van der Waals surface area contributed by atoms with E-state index in [-0.39, 0.29) is 26.1 Å². The molecular formula is C48H80NO8P. The van der Waals surface area contributed by atoms with Crippen molar-refractivity contribution in [3.05, 3.63) is 97.2 Å². The van der Waals surface area contributed by atoms with Gasteiger partial charge in [-0.2, -0.15) is 0 Å². The molecule has 0 spiro atoms. The van der Waals surface area contributed by atoms with Crippen LogP contribution < -0.4 is 4.89 Å². The maximum Gasteiger partial charge on any atom is 0.306 e. The Labute approximate surface area is 353 Å². The summed E-state index contributed by atoms with van der Waals surface area (Å²) < 4.78 is 33.8. The number of hydrogen-bond donors (Lipinski definition) is 0. The van der Waals surface area contributed by atoms with Gasteiger partial charge in [0.15, 0.2) is 6.10 Å². The smallest absolute Gasteiger partial charge is 0.306 e. The van der Waals surface area contributed by atoms with Crippen LogP contribution in [-0.2, 0) is 32.7 Å². The van der Waals surface area contributed by atoms with Crippen LogP contribution >= 0.6 is 7.82 Å². The number of quaternary nitrogens is 1. The number of phosphoric ester groups is 1. The molecule has 10 heteroatoms. The molecular weight excluding hydrogens is 750 g/mol. The van der Waals surface area contributed by atoms with E-state index in [1.807, 2.05) is 21.1 Å². The lowest BCUT2D eigenvalue weighted by Gasteiger charge is -2.28. The van der Waals surface area contributed by atoms with Crippen LogP contribution in [0.3, 0.4) is 0 Å². The first-order valence-electron chi connectivity index (χ1n) is 21.9. The third kappa shape index (κ3) is 42.5. The molecule has 0 aliphatic rings. The van der Waals surface area contributed by atoms with Crippen molar-refractivity contribution in [3.63, 3.8) is 0 Å². The van der Waals surface area contributed by atoms with Crippen LogP contribution in [0.25, 0.3) is 0 Å². The van der Waals surface area contributed by atoms with E-state index < -0.39 is 32.5 Å². The van der Waals surface area contributed by atoms with Gasteiger partial charge in [-0.25, -0.2) is 0 Å². The zero-order valence-electron chi connectivity index (χ0n) is 36.9. The summed E-state index contributed by atoms with van der Waals surface area (Å²) in [6, 6.07) is 0. The normalized spacial score (nSPS) is 14.5. The number of ether oxygens (including phenoxy) is 2. The van der Waals surface area contributed by atoms with Crippen molar-refractivity contribution in [2.75, 3.05) is 47.5 Å². The van der Waals surface area contributed by atoms with Gasteiger partial charge < -0.3 is 27.9 Å². The lowest BCUT2D eigenvalue weighted by molar-refractivity contribution is -0.870. The molecule has 0 amide bonds. The Hall–Kier alpha value is -3.07. The molecule has 0 N–H and O–H groups in total. The quantitative estimate of drug-likeness (QED) is 0.0199. The second-order valence-corrected chi connectivity index (χ2v) is 16.7. The van der Waals surface area contributed by atoms with Gasteiger partial charge in [0, 0.05) is 12.8 Å². The molecule has 0 fully saturated rings. The van der Waals surface area contributed by atoms with Gasteiger partial charge in [0.1, 0.15) is 19.8 Å². The summed E-state index contributed by atoms with van der Waals surface area (Å²) in [4.78, 5) is 37.5. The van der Waals surface area contributed by atoms with Gasteiger partial charge in [-0.3, -0.25) is 14.2 Å². The third-order valence-corrected chi connectivity index (χ3v) is 9.53. The van der Waals surface area contributed by atoms with E-state index in [4.69, 9.17) is 18.5 Å². The first kappa shape index (κ1) is 54.9. The zero-order chi connectivity index (χ0) is 42.8. The number of rotatable bonds is 38.